The number of nitrogens with one attached hydrogen (secondary N) is 5. The number of urea groups is 1. The number of Topliss-reactive ketones (excluding diaryl/α,β-unsaturated/α-hetero) is 1. The number of rotatable bonds is 15. The Bertz CT molecular complexity index is 1450. The molecule has 1 heterocycles. The quantitative estimate of drug-likeness (QED) is 0.174. The van der Waals surface area contributed by atoms with Crippen LogP contribution in [-0.2, 0) is 36.8 Å². The van der Waals surface area contributed by atoms with Crippen LogP contribution in [0.1, 0.15) is 85.8 Å². The molecule has 6 amide bonds. The summed E-state index contributed by atoms with van der Waals surface area (Å²) < 4.78 is 5.36. The number of likely N-dealkylation sites (tertiary alicyclic amines) is 1. The maximum absolute atomic E-state index is 14.7. The maximum Gasteiger partial charge on any atom is 0.407 e. The van der Waals surface area contributed by atoms with Crippen LogP contribution in [0.3, 0.4) is 0 Å². The van der Waals surface area contributed by atoms with Crippen molar-refractivity contribution >= 4 is 35.6 Å². The Balaban J connectivity index is 1.58. The average Bonchev–Trinajstić information content (AvgIpc) is 3.43. The second-order valence-corrected chi connectivity index (χ2v) is 15.9. The van der Waals surface area contributed by atoms with Gasteiger partial charge in [0, 0.05) is 19.6 Å². The highest BCUT2D eigenvalue weighted by Crippen LogP contribution is 2.65. The molecule has 6 atom stereocenters. The SMILES string of the molecule is CCCNC(=O)C(=O)C(CCC)NC(=O)C1[C@@H]2[C@H](CN1C(=O)[C@@H](NC(=O)N[C@H](COC(=O)NCC)C(C)(C)C)C1Cc3ccccc3C1)C2(C)C. The summed E-state index contributed by atoms with van der Waals surface area (Å²) in [4.78, 5) is 82.0. The Morgan fingerprint density at radius 2 is 1.57 bits per heavy atom. The lowest BCUT2D eigenvalue weighted by Gasteiger charge is -2.36. The summed E-state index contributed by atoms with van der Waals surface area (Å²) in [5, 5.41) is 13.9. The highest BCUT2D eigenvalue weighted by molar-refractivity contribution is 6.38. The van der Waals surface area contributed by atoms with Gasteiger partial charge in [-0.05, 0) is 72.3 Å². The number of carbonyl (C=O) groups is 6. The van der Waals surface area contributed by atoms with Gasteiger partial charge in [-0.25, -0.2) is 9.59 Å². The van der Waals surface area contributed by atoms with Gasteiger partial charge in [0.05, 0.1) is 12.1 Å². The number of carbonyl (C=O) groups excluding carboxylic acids is 6. The van der Waals surface area contributed by atoms with Crippen molar-refractivity contribution in [3.8, 4) is 0 Å². The van der Waals surface area contributed by atoms with E-state index < -0.39 is 59.3 Å². The molecule has 5 N–H and O–H groups in total. The topological polar surface area (TPSA) is 175 Å². The molecular formula is C38H58N6O7. The van der Waals surface area contributed by atoms with Crippen molar-refractivity contribution in [2.24, 2.45) is 28.6 Å². The normalized spacial score (nSPS) is 22.0. The van der Waals surface area contributed by atoms with Gasteiger partial charge >= 0.3 is 12.1 Å². The average molecular weight is 711 g/mol. The molecule has 1 aliphatic heterocycles. The van der Waals surface area contributed by atoms with Gasteiger partial charge in [0.15, 0.2) is 0 Å². The zero-order valence-electron chi connectivity index (χ0n) is 31.5. The fourth-order valence-corrected chi connectivity index (χ4v) is 7.70. The van der Waals surface area contributed by atoms with Crippen LogP contribution in [0.5, 0.6) is 0 Å². The molecule has 1 saturated carbocycles. The molecule has 0 bridgehead atoms. The number of hydrogen-bond acceptors (Lipinski definition) is 7. The van der Waals surface area contributed by atoms with Crippen molar-refractivity contribution in [1.29, 1.82) is 0 Å². The van der Waals surface area contributed by atoms with Gasteiger partial charge in [-0.1, -0.05) is 79.2 Å². The van der Waals surface area contributed by atoms with Crippen LogP contribution in [0.15, 0.2) is 24.3 Å². The smallest absolute Gasteiger partial charge is 0.407 e. The standard InChI is InChI=1S/C38H58N6O7/c1-9-14-26(31(45)33(47)40-17-10-2)41-32(46)30-28-25(38(28,7)8)20-44(30)34(48)29(24-18-22-15-12-13-16-23(22)19-24)43-35(49)42-27(37(4,5)6)21-51-36(50)39-11-3/h12-13,15-16,24-30H,9-11,14,17-21H2,1-8H3,(H,39,50)(H,40,47)(H,41,46)(H2,42,43,49)/t25-,26?,27+,28-,29-,30?/m0/s1. The number of hydrogen-bond donors (Lipinski definition) is 5. The molecule has 2 fully saturated rings. The van der Waals surface area contributed by atoms with E-state index in [0.717, 1.165) is 11.1 Å². The fourth-order valence-electron chi connectivity index (χ4n) is 7.70. The number of ether oxygens (including phenoxy) is 1. The van der Waals surface area contributed by atoms with Gasteiger partial charge < -0.3 is 36.2 Å². The number of benzene rings is 1. The molecule has 2 unspecified atom stereocenters. The number of alkyl carbamates (subject to hydrolysis) is 1. The molecular weight excluding hydrogens is 652 g/mol. The molecule has 3 aliphatic rings. The summed E-state index contributed by atoms with van der Waals surface area (Å²) in [6.45, 7) is 16.5. The van der Waals surface area contributed by atoms with Crippen LogP contribution in [-0.4, -0.2) is 90.9 Å². The van der Waals surface area contributed by atoms with Crippen molar-refractivity contribution in [1.82, 2.24) is 31.5 Å². The summed E-state index contributed by atoms with van der Waals surface area (Å²) in [7, 11) is 0. The molecule has 1 aromatic rings. The van der Waals surface area contributed by atoms with E-state index in [1.807, 2.05) is 58.9 Å². The molecule has 2 aliphatic carbocycles. The largest absolute Gasteiger partial charge is 0.447 e. The summed E-state index contributed by atoms with van der Waals surface area (Å²) in [5.41, 5.74) is 1.52. The first-order valence-corrected chi connectivity index (χ1v) is 18.5. The van der Waals surface area contributed by atoms with Gasteiger partial charge in [0.1, 0.15) is 18.7 Å². The third kappa shape index (κ3) is 9.20. The second-order valence-electron chi connectivity index (χ2n) is 15.9. The van der Waals surface area contributed by atoms with Crippen LogP contribution in [0, 0.1) is 28.6 Å². The highest BCUT2D eigenvalue weighted by Gasteiger charge is 2.69. The predicted octanol–water partition coefficient (Wildman–Crippen LogP) is 3.09. The second kappa shape index (κ2) is 16.5. The summed E-state index contributed by atoms with van der Waals surface area (Å²) >= 11 is 0. The predicted molar refractivity (Wildman–Crippen MR) is 192 cm³/mol. The Morgan fingerprint density at radius 1 is 0.922 bits per heavy atom. The minimum atomic E-state index is -1.02. The molecule has 0 aromatic heterocycles. The van der Waals surface area contributed by atoms with Gasteiger partial charge in [-0.3, -0.25) is 19.2 Å². The van der Waals surface area contributed by atoms with Crippen molar-refractivity contribution in [2.45, 2.75) is 112 Å². The summed E-state index contributed by atoms with van der Waals surface area (Å²) in [6, 6.07) is 3.95. The van der Waals surface area contributed by atoms with E-state index in [4.69, 9.17) is 4.74 Å². The van der Waals surface area contributed by atoms with Crippen LogP contribution in [0.25, 0.3) is 0 Å². The third-order valence-corrected chi connectivity index (χ3v) is 10.9. The van der Waals surface area contributed by atoms with Gasteiger partial charge in [0.2, 0.25) is 17.6 Å². The van der Waals surface area contributed by atoms with E-state index in [2.05, 4.69) is 40.4 Å². The molecule has 13 nitrogen and oxygen atoms in total. The van der Waals surface area contributed by atoms with Gasteiger partial charge in [-0.15, -0.1) is 0 Å². The number of nitrogens with zero attached hydrogens (tertiary/aromatic N) is 1. The molecule has 282 valence electrons. The lowest BCUT2D eigenvalue weighted by molar-refractivity contribution is -0.144. The molecule has 0 spiro atoms. The first-order chi connectivity index (χ1) is 24.0. The van der Waals surface area contributed by atoms with Gasteiger partial charge in [-0.2, -0.15) is 0 Å². The van der Waals surface area contributed by atoms with Crippen molar-refractivity contribution < 1.29 is 33.5 Å². The molecule has 1 aromatic carbocycles. The lowest BCUT2D eigenvalue weighted by Crippen LogP contribution is -2.61. The molecule has 0 radical (unpaired) electrons. The van der Waals surface area contributed by atoms with E-state index >= 15 is 0 Å². The van der Waals surface area contributed by atoms with Crippen molar-refractivity contribution in [3.63, 3.8) is 0 Å². The Morgan fingerprint density at radius 3 is 2.14 bits per heavy atom. The minimum Gasteiger partial charge on any atom is -0.447 e. The zero-order chi connectivity index (χ0) is 37.7. The van der Waals surface area contributed by atoms with E-state index in [1.54, 1.807) is 11.8 Å². The number of piperidine rings is 1. The molecule has 4 rings (SSSR count). The number of fused-ring (bicyclic) bond motifs is 2. The van der Waals surface area contributed by atoms with Crippen molar-refractivity contribution in [3.05, 3.63) is 35.4 Å². The first kappa shape index (κ1) is 39.6. The number of amides is 6. The Hall–Kier alpha value is -4.16. The lowest BCUT2D eigenvalue weighted by atomic mass is 9.87. The number of ketones is 1. The first-order valence-electron chi connectivity index (χ1n) is 18.5. The van der Waals surface area contributed by atoms with Crippen LogP contribution < -0.4 is 26.6 Å². The Kier molecular flexibility index (Phi) is 12.8. The zero-order valence-corrected chi connectivity index (χ0v) is 31.5. The van der Waals surface area contributed by atoms with E-state index in [-0.39, 0.29) is 42.1 Å². The monoisotopic (exact) mass is 710 g/mol. The fraction of sp³-hybridized carbons (Fsp3) is 0.684. The maximum atomic E-state index is 14.7. The van der Waals surface area contributed by atoms with Crippen LogP contribution >= 0.6 is 0 Å². The van der Waals surface area contributed by atoms with Crippen LogP contribution in [0.2, 0.25) is 0 Å². The van der Waals surface area contributed by atoms with Crippen LogP contribution in [0.4, 0.5) is 9.59 Å². The molecule has 1 saturated heterocycles. The molecule has 13 heteroatoms. The van der Waals surface area contributed by atoms with Gasteiger partial charge in [0.25, 0.3) is 5.91 Å². The summed E-state index contributed by atoms with van der Waals surface area (Å²) in [5.74, 6) is -2.62. The van der Waals surface area contributed by atoms with E-state index in [0.29, 0.717) is 45.3 Å². The van der Waals surface area contributed by atoms with Crippen molar-refractivity contribution in [2.75, 3.05) is 26.2 Å². The Labute approximate surface area is 302 Å². The molecule has 51 heavy (non-hydrogen) atoms. The van der Waals surface area contributed by atoms with E-state index in [1.165, 1.54) is 0 Å². The highest BCUT2D eigenvalue weighted by atomic mass is 16.5. The third-order valence-electron chi connectivity index (χ3n) is 10.9. The minimum absolute atomic E-state index is 0.0670. The van der Waals surface area contributed by atoms with E-state index in [9.17, 15) is 28.8 Å². The summed E-state index contributed by atoms with van der Waals surface area (Å²) in [6.07, 6.45) is 2.07.